The average Bonchev–Trinajstić information content (AvgIpc) is 2.54. The maximum absolute atomic E-state index is 11.4. The third-order valence-electron chi connectivity index (χ3n) is 4.28. The van der Waals surface area contributed by atoms with Crippen molar-refractivity contribution in [2.45, 2.75) is 87.0 Å². The van der Waals surface area contributed by atoms with Gasteiger partial charge in [0.1, 0.15) is 6.61 Å². The highest BCUT2D eigenvalue weighted by molar-refractivity contribution is 5.71. The van der Waals surface area contributed by atoms with Gasteiger partial charge in [-0.3, -0.25) is 4.79 Å². The molecule has 148 valence electrons. The van der Waals surface area contributed by atoms with Gasteiger partial charge in [-0.25, -0.2) is 0 Å². The van der Waals surface area contributed by atoms with Crippen LogP contribution in [0.25, 0.3) is 0 Å². The molecule has 0 aromatic carbocycles. The van der Waals surface area contributed by atoms with Crippen molar-refractivity contribution < 1.29 is 9.53 Å². The van der Waals surface area contributed by atoms with Gasteiger partial charge in [-0.15, -0.1) is 0 Å². The molecule has 0 atom stereocenters. The molecule has 0 unspecified atom stereocenters. The van der Waals surface area contributed by atoms with Gasteiger partial charge in [0, 0.05) is 0 Å². The van der Waals surface area contributed by atoms with Gasteiger partial charge in [-0.05, 0) is 79.2 Å². The van der Waals surface area contributed by atoms with Crippen LogP contribution in [-0.4, -0.2) is 12.6 Å². The van der Waals surface area contributed by atoms with Crippen molar-refractivity contribution in [2.24, 2.45) is 5.92 Å². The van der Waals surface area contributed by atoms with Gasteiger partial charge in [-0.2, -0.15) is 0 Å². The van der Waals surface area contributed by atoms with Gasteiger partial charge in [0.15, 0.2) is 0 Å². The van der Waals surface area contributed by atoms with Crippen LogP contribution < -0.4 is 0 Å². The summed E-state index contributed by atoms with van der Waals surface area (Å²) in [5.41, 5.74) is 5.63. The molecule has 0 aromatic heterocycles. The molecule has 0 saturated carbocycles. The molecule has 0 radical (unpaired) electrons. The van der Waals surface area contributed by atoms with Crippen LogP contribution in [-0.2, 0) is 9.53 Å². The fraction of sp³-hybridized carbons (Fsp3) is 0.625. The number of hydrogen-bond donors (Lipinski definition) is 0. The van der Waals surface area contributed by atoms with Crippen molar-refractivity contribution in [1.82, 2.24) is 0 Å². The number of carbonyl (C=O) groups is 1. The Morgan fingerprint density at radius 2 is 1.15 bits per heavy atom. The van der Waals surface area contributed by atoms with Gasteiger partial charge >= 0.3 is 5.97 Å². The first-order valence-corrected chi connectivity index (χ1v) is 9.99. The second-order valence-electron chi connectivity index (χ2n) is 7.83. The predicted octanol–water partition coefficient (Wildman–Crippen LogP) is 7.33. The summed E-state index contributed by atoms with van der Waals surface area (Å²) in [7, 11) is 0. The first kappa shape index (κ1) is 24.4. The van der Waals surface area contributed by atoms with E-state index in [4.69, 9.17) is 4.74 Å². The first-order chi connectivity index (χ1) is 12.2. The highest BCUT2D eigenvalue weighted by Gasteiger charge is 2.06. The Hall–Kier alpha value is -1.57. The van der Waals surface area contributed by atoms with Crippen LogP contribution in [0.15, 0.2) is 46.6 Å². The zero-order chi connectivity index (χ0) is 19.9. The Bertz CT molecular complexity index is 526. The summed E-state index contributed by atoms with van der Waals surface area (Å²) in [6.07, 6.45) is 15.7. The largest absolute Gasteiger partial charge is 0.461 e. The van der Waals surface area contributed by atoms with Crippen LogP contribution >= 0.6 is 0 Å². The molecule has 0 N–H and O–H groups in total. The predicted molar refractivity (Wildman–Crippen MR) is 114 cm³/mol. The maximum Gasteiger partial charge on any atom is 0.308 e. The molecule has 0 rings (SSSR count). The third kappa shape index (κ3) is 14.7. The summed E-state index contributed by atoms with van der Waals surface area (Å²) >= 11 is 0. The van der Waals surface area contributed by atoms with Crippen molar-refractivity contribution in [1.29, 1.82) is 0 Å². The Kier molecular flexibility index (Phi) is 13.7. The highest BCUT2D eigenvalue weighted by atomic mass is 16.5. The lowest BCUT2D eigenvalue weighted by Crippen LogP contribution is -2.11. The van der Waals surface area contributed by atoms with Crippen molar-refractivity contribution in [3.8, 4) is 0 Å². The second kappa shape index (κ2) is 14.6. The normalized spacial score (nSPS) is 13.2. The number of carbonyl (C=O) groups excluding carboxylic acids is 1. The molecule has 0 aromatic rings. The minimum Gasteiger partial charge on any atom is -0.461 e. The average molecular weight is 361 g/mol. The van der Waals surface area contributed by atoms with E-state index in [9.17, 15) is 4.79 Å². The van der Waals surface area contributed by atoms with Crippen LogP contribution in [0.3, 0.4) is 0 Å². The zero-order valence-electron chi connectivity index (χ0n) is 18.2. The van der Waals surface area contributed by atoms with Crippen LogP contribution in [0.2, 0.25) is 0 Å². The number of hydrogen-bond acceptors (Lipinski definition) is 2. The fourth-order valence-electron chi connectivity index (χ4n) is 2.42. The van der Waals surface area contributed by atoms with Gasteiger partial charge < -0.3 is 4.74 Å². The van der Waals surface area contributed by atoms with Crippen LogP contribution in [0.4, 0.5) is 0 Å². The summed E-state index contributed by atoms with van der Waals surface area (Å²) in [5, 5.41) is 0. The molecule has 0 aliphatic rings. The third-order valence-corrected chi connectivity index (χ3v) is 4.28. The minimum atomic E-state index is -0.131. The minimum absolute atomic E-state index is 0.0563. The summed E-state index contributed by atoms with van der Waals surface area (Å²) in [6.45, 7) is 15.0. The van der Waals surface area contributed by atoms with E-state index in [1.54, 1.807) is 0 Å². The molecule has 0 spiro atoms. The van der Waals surface area contributed by atoms with Crippen molar-refractivity contribution in [2.75, 3.05) is 6.61 Å². The van der Waals surface area contributed by atoms with Crippen LogP contribution in [0.5, 0.6) is 0 Å². The lowest BCUT2D eigenvalue weighted by molar-refractivity contribution is -0.146. The lowest BCUT2D eigenvalue weighted by atomic mass is 10.0. The SMILES string of the molecule is CC(C)=CCCC(C)=CCCC(C)=CCCC(C)=CCOC(=O)C(C)C. The number of esters is 1. The molecule has 0 bridgehead atoms. The zero-order valence-corrected chi connectivity index (χ0v) is 18.2. The molecule has 26 heavy (non-hydrogen) atoms. The summed E-state index contributed by atoms with van der Waals surface area (Å²) in [6, 6.07) is 0. The van der Waals surface area contributed by atoms with Crippen molar-refractivity contribution in [3.63, 3.8) is 0 Å². The molecule has 0 heterocycles. The smallest absolute Gasteiger partial charge is 0.308 e. The topological polar surface area (TPSA) is 26.3 Å². The summed E-state index contributed by atoms with van der Waals surface area (Å²) < 4.78 is 5.18. The molecule has 2 nitrogen and oxygen atoms in total. The molecule has 0 amide bonds. The fourth-order valence-corrected chi connectivity index (χ4v) is 2.42. The molecule has 0 aliphatic heterocycles. The second-order valence-corrected chi connectivity index (χ2v) is 7.83. The summed E-state index contributed by atoms with van der Waals surface area (Å²) in [4.78, 5) is 11.4. The van der Waals surface area contributed by atoms with E-state index >= 15 is 0 Å². The lowest BCUT2D eigenvalue weighted by Gasteiger charge is -2.05. The van der Waals surface area contributed by atoms with Gasteiger partial charge in [0.25, 0.3) is 0 Å². The van der Waals surface area contributed by atoms with Gasteiger partial charge in [0.05, 0.1) is 5.92 Å². The van der Waals surface area contributed by atoms with Gasteiger partial charge in [0.2, 0.25) is 0 Å². The molecule has 0 aliphatic carbocycles. The first-order valence-electron chi connectivity index (χ1n) is 9.99. The van der Waals surface area contributed by atoms with E-state index in [1.165, 1.54) is 28.7 Å². The van der Waals surface area contributed by atoms with E-state index < -0.39 is 0 Å². The van der Waals surface area contributed by atoms with E-state index in [0.29, 0.717) is 6.61 Å². The highest BCUT2D eigenvalue weighted by Crippen LogP contribution is 2.13. The van der Waals surface area contributed by atoms with Crippen LogP contribution in [0.1, 0.15) is 87.0 Å². The molecule has 0 fully saturated rings. The summed E-state index contributed by atoms with van der Waals surface area (Å²) in [5.74, 6) is -0.187. The van der Waals surface area contributed by atoms with Gasteiger partial charge in [-0.1, -0.05) is 54.4 Å². The quantitative estimate of drug-likeness (QED) is 0.269. The van der Waals surface area contributed by atoms with E-state index in [0.717, 1.165) is 32.1 Å². The number of allylic oxidation sites excluding steroid dienone is 7. The van der Waals surface area contributed by atoms with Crippen molar-refractivity contribution >= 4 is 5.97 Å². The monoisotopic (exact) mass is 360 g/mol. The molecule has 0 saturated heterocycles. The molecular formula is C24H40O2. The van der Waals surface area contributed by atoms with E-state index in [1.807, 2.05) is 19.9 Å². The molecular weight excluding hydrogens is 320 g/mol. The number of rotatable bonds is 12. The maximum atomic E-state index is 11.4. The molecule has 2 heteroatoms. The number of ether oxygens (including phenoxy) is 1. The Morgan fingerprint density at radius 1 is 0.731 bits per heavy atom. The Morgan fingerprint density at radius 3 is 1.58 bits per heavy atom. The van der Waals surface area contributed by atoms with E-state index in [2.05, 4.69) is 52.8 Å². The standard InChI is InChI=1S/C24H40O2/c1-19(2)11-8-12-21(5)13-9-14-22(6)15-10-16-23(7)17-18-26-24(25)20(3)4/h11,13,15,17,20H,8-10,12,14,16,18H2,1-7H3. The Labute approximate surface area is 162 Å². The Balaban J connectivity index is 4.03. The van der Waals surface area contributed by atoms with E-state index in [-0.39, 0.29) is 11.9 Å². The van der Waals surface area contributed by atoms with Crippen LogP contribution in [0, 0.1) is 5.92 Å². The van der Waals surface area contributed by atoms with Crippen molar-refractivity contribution in [3.05, 3.63) is 46.6 Å².